The first-order valence-electron chi connectivity index (χ1n) is 10.9. The average Bonchev–Trinajstić information content (AvgIpc) is 3.53. The van der Waals surface area contributed by atoms with Gasteiger partial charge < -0.3 is 15.0 Å². The Kier molecular flexibility index (Phi) is 5.91. The average molecular weight is 491 g/mol. The first-order valence-corrected chi connectivity index (χ1v) is 11.8. The number of hydrogen-bond donors (Lipinski definition) is 2. The van der Waals surface area contributed by atoms with Crippen LogP contribution in [0.1, 0.15) is 13.3 Å². The molecule has 2 aromatic heterocycles. The first-order chi connectivity index (χ1) is 16.9. The second-order valence-electron chi connectivity index (χ2n) is 8.10. The van der Waals surface area contributed by atoms with Crippen molar-refractivity contribution in [2.24, 2.45) is 5.92 Å². The van der Waals surface area contributed by atoms with Gasteiger partial charge in [-0.2, -0.15) is 4.98 Å². The van der Waals surface area contributed by atoms with Crippen molar-refractivity contribution in [2.45, 2.75) is 13.3 Å². The van der Waals surface area contributed by atoms with E-state index in [2.05, 4.69) is 20.7 Å². The van der Waals surface area contributed by atoms with Gasteiger partial charge in [-0.15, -0.1) is 16.4 Å². The zero-order valence-electron chi connectivity index (χ0n) is 19.0. The van der Waals surface area contributed by atoms with Gasteiger partial charge in [0, 0.05) is 42.2 Å². The van der Waals surface area contributed by atoms with Gasteiger partial charge in [0.2, 0.25) is 28.6 Å². The lowest BCUT2D eigenvalue weighted by molar-refractivity contribution is -0.122. The topological polar surface area (TPSA) is 118 Å². The number of anilines is 3. The van der Waals surface area contributed by atoms with Crippen molar-refractivity contribution in [3.63, 3.8) is 0 Å². The van der Waals surface area contributed by atoms with Crippen LogP contribution in [0.15, 0.2) is 53.9 Å². The quantitative estimate of drug-likeness (QED) is 0.428. The molecule has 35 heavy (non-hydrogen) atoms. The number of ether oxygens (including phenoxy) is 1. The zero-order valence-corrected chi connectivity index (χ0v) is 19.8. The molecule has 178 valence electrons. The number of carbonyl (C=O) groups excluding carboxylic acids is 3. The maximum absolute atomic E-state index is 12.9. The molecule has 0 saturated carbocycles. The number of carbonyl (C=O) groups is 3. The van der Waals surface area contributed by atoms with E-state index in [1.165, 1.54) is 18.3 Å². The summed E-state index contributed by atoms with van der Waals surface area (Å²) in [5.41, 5.74) is 3.13. The molecule has 1 aliphatic heterocycles. The lowest BCUT2D eigenvalue weighted by atomic mass is 10.1. The van der Waals surface area contributed by atoms with E-state index in [1.807, 2.05) is 29.6 Å². The van der Waals surface area contributed by atoms with Crippen LogP contribution in [-0.2, 0) is 14.4 Å². The molecule has 10 nitrogen and oxygen atoms in total. The molecule has 1 unspecified atom stereocenters. The largest absolute Gasteiger partial charge is 0.497 e. The molecular formula is C24H22N6O4S. The third-order valence-electron chi connectivity index (χ3n) is 5.70. The summed E-state index contributed by atoms with van der Waals surface area (Å²) in [5.74, 6) is -0.167. The lowest BCUT2D eigenvalue weighted by Gasteiger charge is -2.16. The van der Waals surface area contributed by atoms with E-state index in [9.17, 15) is 14.4 Å². The molecule has 2 aromatic carbocycles. The van der Waals surface area contributed by atoms with Crippen molar-refractivity contribution in [3.8, 4) is 17.0 Å². The summed E-state index contributed by atoms with van der Waals surface area (Å²) < 4.78 is 6.82. The maximum Gasteiger partial charge on any atom is 0.250 e. The predicted octanol–water partition coefficient (Wildman–Crippen LogP) is 3.42. The van der Waals surface area contributed by atoms with Gasteiger partial charge in [0.05, 0.1) is 18.7 Å². The molecule has 0 radical (unpaired) electrons. The van der Waals surface area contributed by atoms with Crippen LogP contribution in [0.4, 0.5) is 17.3 Å². The van der Waals surface area contributed by atoms with Crippen LogP contribution in [-0.4, -0.2) is 46.0 Å². The van der Waals surface area contributed by atoms with E-state index in [0.717, 1.165) is 16.9 Å². The lowest BCUT2D eigenvalue weighted by Crippen LogP contribution is -2.28. The Morgan fingerprint density at radius 3 is 2.51 bits per heavy atom. The number of hydrogen-bond acceptors (Lipinski definition) is 7. The Balaban J connectivity index is 1.28. The number of rotatable bonds is 6. The fraction of sp³-hybridized carbons (Fsp3) is 0.208. The van der Waals surface area contributed by atoms with Crippen LogP contribution < -0.4 is 20.3 Å². The van der Waals surface area contributed by atoms with Gasteiger partial charge in [-0.3, -0.25) is 19.7 Å². The highest BCUT2D eigenvalue weighted by Crippen LogP contribution is 2.29. The number of thiazole rings is 1. The van der Waals surface area contributed by atoms with Gasteiger partial charge in [0.25, 0.3) is 0 Å². The highest BCUT2D eigenvalue weighted by molar-refractivity contribution is 7.15. The van der Waals surface area contributed by atoms with E-state index in [0.29, 0.717) is 16.4 Å². The molecule has 0 spiro atoms. The molecule has 1 aliphatic rings. The highest BCUT2D eigenvalue weighted by Gasteiger charge is 2.35. The van der Waals surface area contributed by atoms with Gasteiger partial charge in [-0.05, 0) is 36.4 Å². The molecule has 3 amide bonds. The summed E-state index contributed by atoms with van der Waals surface area (Å²) in [4.78, 5) is 43.3. The molecule has 11 heteroatoms. The summed E-state index contributed by atoms with van der Waals surface area (Å²) in [7, 11) is 1.58. The molecule has 1 saturated heterocycles. The van der Waals surface area contributed by atoms with Crippen LogP contribution >= 0.6 is 11.3 Å². The van der Waals surface area contributed by atoms with Gasteiger partial charge in [0.15, 0.2) is 0 Å². The third kappa shape index (κ3) is 4.58. The molecular weight excluding hydrogens is 468 g/mol. The minimum atomic E-state index is -0.507. The molecule has 0 bridgehead atoms. The van der Waals surface area contributed by atoms with Crippen LogP contribution in [0.2, 0.25) is 0 Å². The molecule has 1 fully saturated rings. The first kappa shape index (κ1) is 22.5. The van der Waals surface area contributed by atoms with Gasteiger partial charge in [-0.1, -0.05) is 12.1 Å². The summed E-state index contributed by atoms with van der Waals surface area (Å²) in [6.07, 6.45) is 0.117. The molecule has 5 rings (SSSR count). The van der Waals surface area contributed by atoms with Crippen molar-refractivity contribution >= 4 is 51.3 Å². The number of nitrogens with one attached hydrogen (secondary N) is 2. The summed E-state index contributed by atoms with van der Waals surface area (Å²) >= 11 is 1.40. The molecule has 3 heterocycles. The fourth-order valence-corrected chi connectivity index (χ4v) is 4.80. The maximum atomic E-state index is 12.9. The second-order valence-corrected chi connectivity index (χ2v) is 8.94. The fourth-order valence-electron chi connectivity index (χ4n) is 3.97. The summed E-state index contributed by atoms with van der Waals surface area (Å²) in [5, 5.41) is 11.9. The molecule has 2 N–H and O–H groups in total. The number of nitrogens with zero attached hydrogens (tertiary/aromatic N) is 4. The van der Waals surface area contributed by atoms with Crippen LogP contribution in [0.3, 0.4) is 0 Å². The smallest absolute Gasteiger partial charge is 0.250 e. The van der Waals surface area contributed by atoms with E-state index in [-0.39, 0.29) is 36.6 Å². The number of benzene rings is 2. The number of aromatic nitrogens is 3. The number of fused-ring (bicyclic) bond motifs is 1. The normalized spacial score (nSPS) is 15.4. The van der Waals surface area contributed by atoms with Gasteiger partial charge in [0.1, 0.15) is 5.75 Å². The van der Waals surface area contributed by atoms with Crippen molar-refractivity contribution < 1.29 is 19.1 Å². The highest BCUT2D eigenvalue weighted by atomic mass is 32.1. The van der Waals surface area contributed by atoms with E-state index in [4.69, 9.17) is 4.74 Å². The molecule has 0 aliphatic carbocycles. The van der Waals surface area contributed by atoms with Crippen molar-refractivity contribution in [2.75, 3.05) is 29.2 Å². The van der Waals surface area contributed by atoms with Gasteiger partial charge in [-0.25, -0.2) is 4.52 Å². The van der Waals surface area contributed by atoms with Crippen molar-refractivity contribution in [1.29, 1.82) is 0 Å². The molecule has 1 atom stereocenters. The Morgan fingerprint density at radius 1 is 1.09 bits per heavy atom. The Bertz CT molecular complexity index is 1410. The second kappa shape index (κ2) is 9.18. The minimum absolute atomic E-state index is 0.112. The monoisotopic (exact) mass is 490 g/mol. The zero-order chi connectivity index (χ0) is 24.5. The van der Waals surface area contributed by atoms with Crippen molar-refractivity contribution in [1.82, 2.24) is 14.6 Å². The SMILES string of the molecule is COc1ccc(N2CC(C(=O)Nc3nc4scc(-c5ccc(NC(C)=O)cc5)n4n3)CC2=O)cc1. The predicted molar refractivity (Wildman–Crippen MR) is 133 cm³/mol. The molecule has 4 aromatic rings. The van der Waals surface area contributed by atoms with E-state index < -0.39 is 5.92 Å². The number of methoxy groups -OCH3 is 1. The van der Waals surface area contributed by atoms with Gasteiger partial charge >= 0.3 is 0 Å². The standard InChI is InChI=1S/C24H22N6O4S/c1-14(31)25-17-5-3-15(4-6-17)20-13-35-24-27-23(28-30(20)24)26-22(33)16-11-21(32)29(12-16)18-7-9-19(34-2)10-8-18/h3-10,13,16H,11-12H2,1-2H3,(H,25,31)(H,26,28,33). The van der Waals surface area contributed by atoms with Crippen LogP contribution in [0.25, 0.3) is 16.2 Å². The Hall–Kier alpha value is -4.25. The van der Waals surface area contributed by atoms with Crippen LogP contribution in [0, 0.1) is 5.92 Å². The minimum Gasteiger partial charge on any atom is -0.497 e. The summed E-state index contributed by atoms with van der Waals surface area (Å²) in [6, 6.07) is 14.5. The van der Waals surface area contributed by atoms with E-state index in [1.54, 1.807) is 40.8 Å². The Labute approximate surface area is 204 Å². The number of amides is 3. The Morgan fingerprint density at radius 2 is 1.83 bits per heavy atom. The third-order valence-corrected chi connectivity index (χ3v) is 6.51. The van der Waals surface area contributed by atoms with Crippen LogP contribution in [0.5, 0.6) is 5.75 Å². The summed E-state index contributed by atoms with van der Waals surface area (Å²) in [6.45, 7) is 1.74. The van der Waals surface area contributed by atoms with E-state index >= 15 is 0 Å². The van der Waals surface area contributed by atoms with Crippen molar-refractivity contribution in [3.05, 3.63) is 53.9 Å².